The van der Waals surface area contributed by atoms with Gasteiger partial charge in [-0.25, -0.2) is 0 Å². The number of carbonyl (C=O) groups is 1. The van der Waals surface area contributed by atoms with Gasteiger partial charge in [0.15, 0.2) is 17.3 Å². The largest absolute Gasteiger partial charge is 0.503 e. The number of ether oxygens (including phenoxy) is 1. The van der Waals surface area contributed by atoms with E-state index in [0.717, 1.165) is 39.7 Å². The number of rotatable bonds is 8. The molecule has 0 radical (unpaired) electrons. The Morgan fingerprint density at radius 2 is 1.88 bits per heavy atom. The fraction of sp³-hybridized carbons (Fsp3) is 0.185. The van der Waals surface area contributed by atoms with Crippen LogP contribution in [0.25, 0.3) is 22.0 Å². The molecule has 0 aliphatic heterocycles. The van der Waals surface area contributed by atoms with E-state index in [1.165, 1.54) is 7.11 Å². The third-order valence-electron chi connectivity index (χ3n) is 5.69. The number of anilines is 2. The second kappa shape index (κ2) is 10.1. The third-order valence-corrected chi connectivity index (χ3v) is 5.97. The van der Waals surface area contributed by atoms with Crippen LogP contribution < -0.4 is 15.8 Å². The van der Waals surface area contributed by atoms with E-state index in [1.54, 1.807) is 18.3 Å². The topological polar surface area (TPSA) is 97.5 Å². The van der Waals surface area contributed by atoms with Gasteiger partial charge < -0.3 is 20.9 Å². The van der Waals surface area contributed by atoms with Gasteiger partial charge in [-0.15, -0.1) is 0 Å². The summed E-state index contributed by atoms with van der Waals surface area (Å²) in [7, 11) is 1.48. The molecule has 1 heterocycles. The molecular formula is C27H26ClN3O3. The maximum absolute atomic E-state index is 13.0. The number of halogens is 1. The van der Waals surface area contributed by atoms with E-state index in [0.29, 0.717) is 24.2 Å². The maximum atomic E-state index is 13.0. The highest BCUT2D eigenvalue weighted by atomic mass is 35.5. The molecule has 0 aliphatic rings. The van der Waals surface area contributed by atoms with Crippen molar-refractivity contribution in [1.82, 2.24) is 4.98 Å². The molecule has 0 amide bonds. The Bertz CT molecular complexity index is 1350. The fourth-order valence-corrected chi connectivity index (χ4v) is 4.06. The monoisotopic (exact) mass is 475 g/mol. The molecule has 0 fully saturated rings. The quantitative estimate of drug-likeness (QED) is 0.253. The minimum Gasteiger partial charge on any atom is -0.503 e. The van der Waals surface area contributed by atoms with Gasteiger partial charge in [0.2, 0.25) is 0 Å². The van der Waals surface area contributed by atoms with Crippen LogP contribution in [0, 0.1) is 0 Å². The van der Waals surface area contributed by atoms with Crippen molar-refractivity contribution in [3.8, 4) is 22.6 Å². The summed E-state index contributed by atoms with van der Waals surface area (Å²) in [6.45, 7) is 2.44. The number of aromatic nitrogens is 1. The number of nitrogens with zero attached hydrogens (tertiary/aromatic N) is 1. The van der Waals surface area contributed by atoms with Crippen LogP contribution in [-0.2, 0) is 6.54 Å². The molecule has 174 valence electrons. The van der Waals surface area contributed by atoms with Crippen LogP contribution >= 0.6 is 11.6 Å². The van der Waals surface area contributed by atoms with Crippen LogP contribution in [0.4, 0.5) is 11.4 Å². The van der Waals surface area contributed by atoms with E-state index in [4.69, 9.17) is 22.1 Å². The number of fused-ring (bicyclic) bond motifs is 1. The normalized spacial score (nSPS) is 10.9. The molecule has 0 atom stereocenters. The second-order valence-electron chi connectivity index (χ2n) is 7.99. The first-order valence-electron chi connectivity index (χ1n) is 11.0. The minimum absolute atomic E-state index is 0.0257. The van der Waals surface area contributed by atoms with Crippen molar-refractivity contribution in [1.29, 1.82) is 0 Å². The standard InChI is InChI=1S/C27H26ClN3O3/c1-3-4-24(32)21-15-30-23-10-7-17(18-12-22(28)27(33)25(13-18)34-2)11-20(23)26(21)31-19-8-5-16(14-29)6-9-19/h5-13,15,33H,3-4,14,29H2,1-2H3,(H,30,31). The molecule has 7 heteroatoms. The summed E-state index contributed by atoms with van der Waals surface area (Å²) in [5.74, 6) is 0.203. The zero-order valence-electron chi connectivity index (χ0n) is 19.1. The molecular weight excluding hydrogens is 450 g/mol. The maximum Gasteiger partial charge on any atom is 0.176 e. The van der Waals surface area contributed by atoms with Crippen LogP contribution in [-0.4, -0.2) is 23.0 Å². The van der Waals surface area contributed by atoms with Crippen LogP contribution in [0.2, 0.25) is 5.02 Å². The lowest BCUT2D eigenvalue weighted by Crippen LogP contribution is -2.06. The van der Waals surface area contributed by atoms with Crippen molar-refractivity contribution < 1.29 is 14.6 Å². The average molecular weight is 476 g/mol. The zero-order chi connectivity index (χ0) is 24.2. The van der Waals surface area contributed by atoms with Gasteiger partial charge in [-0.3, -0.25) is 9.78 Å². The van der Waals surface area contributed by atoms with Crippen molar-refractivity contribution in [3.05, 3.63) is 76.9 Å². The number of ketones is 1. The Morgan fingerprint density at radius 1 is 1.12 bits per heavy atom. The molecule has 0 unspecified atom stereocenters. The highest BCUT2D eigenvalue weighted by Crippen LogP contribution is 2.40. The van der Waals surface area contributed by atoms with E-state index in [1.807, 2.05) is 49.4 Å². The summed E-state index contributed by atoms with van der Waals surface area (Å²) >= 11 is 6.22. The van der Waals surface area contributed by atoms with Crippen molar-refractivity contribution in [3.63, 3.8) is 0 Å². The first-order valence-corrected chi connectivity index (χ1v) is 11.4. The number of nitrogens with two attached hydrogens (primary N) is 1. The molecule has 34 heavy (non-hydrogen) atoms. The Hall–Kier alpha value is -3.61. The number of Topliss-reactive ketones (excluding diaryl/α,β-unsaturated/α-hetero) is 1. The van der Waals surface area contributed by atoms with Crippen molar-refractivity contribution in [2.24, 2.45) is 5.73 Å². The van der Waals surface area contributed by atoms with Crippen molar-refractivity contribution >= 4 is 39.7 Å². The number of pyridine rings is 1. The van der Waals surface area contributed by atoms with E-state index in [9.17, 15) is 9.90 Å². The number of hydrogen-bond acceptors (Lipinski definition) is 6. The summed E-state index contributed by atoms with van der Waals surface area (Å²) < 4.78 is 5.26. The van der Waals surface area contributed by atoms with Gasteiger partial charge in [-0.05, 0) is 59.5 Å². The van der Waals surface area contributed by atoms with E-state index in [2.05, 4.69) is 10.3 Å². The lowest BCUT2D eigenvalue weighted by Gasteiger charge is -2.16. The van der Waals surface area contributed by atoms with Gasteiger partial charge in [0, 0.05) is 30.2 Å². The molecule has 3 aromatic carbocycles. The fourth-order valence-electron chi connectivity index (χ4n) is 3.84. The van der Waals surface area contributed by atoms with Gasteiger partial charge in [0.1, 0.15) is 0 Å². The van der Waals surface area contributed by atoms with Gasteiger partial charge in [0.05, 0.1) is 28.9 Å². The molecule has 6 nitrogen and oxygen atoms in total. The number of carbonyl (C=O) groups excluding carboxylic acids is 1. The van der Waals surface area contributed by atoms with Crippen LogP contribution in [0.5, 0.6) is 11.5 Å². The number of aromatic hydroxyl groups is 1. The Balaban J connectivity index is 1.89. The number of hydrogen-bond donors (Lipinski definition) is 3. The number of methoxy groups -OCH3 is 1. The van der Waals surface area contributed by atoms with Crippen LogP contribution in [0.3, 0.4) is 0 Å². The molecule has 0 saturated heterocycles. The number of phenolic OH excluding ortho intramolecular Hbond substituents is 1. The van der Waals surface area contributed by atoms with Gasteiger partial charge in [0.25, 0.3) is 0 Å². The summed E-state index contributed by atoms with van der Waals surface area (Å²) in [6.07, 6.45) is 2.81. The average Bonchev–Trinajstić information content (AvgIpc) is 2.86. The highest BCUT2D eigenvalue weighted by molar-refractivity contribution is 6.32. The van der Waals surface area contributed by atoms with E-state index in [-0.39, 0.29) is 22.3 Å². The second-order valence-corrected chi connectivity index (χ2v) is 8.39. The predicted molar refractivity (Wildman–Crippen MR) is 137 cm³/mol. The smallest absolute Gasteiger partial charge is 0.176 e. The summed E-state index contributed by atoms with van der Waals surface area (Å²) in [5, 5.41) is 14.5. The zero-order valence-corrected chi connectivity index (χ0v) is 19.8. The molecule has 0 spiro atoms. The van der Waals surface area contributed by atoms with Crippen molar-refractivity contribution in [2.75, 3.05) is 12.4 Å². The van der Waals surface area contributed by atoms with Gasteiger partial charge in [-0.2, -0.15) is 0 Å². The van der Waals surface area contributed by atoms with E-state index < -0.39 is 0 Å². The molecule has 0 bridgehead atoms. The first kappa shape index (κ1) is 23.5. The van der Waals surface area contributed by atoms with Crippen LogP contribution in [0.1, 0.15) is 35.7 Å². The van der Waals surface area contributed by atoms with E-state index >= 15 is 0 Å². The lowest BCUT2D eigenvalue weighted by atomic mass is 9.98. The number of nitrogens with one attached hydrogen (secondary N) is 1. The number of phenols is 1. The molecule has 0 aliphatic carbocycles. The van der Waals surface area contributed by atoms with Crippen LogP contribution in [0.15, 0.2) is 60.8 Å². The molecule has 0 saturated carbocycles. The summed E-state index contributed by atoms with van der Waals surface area (Å²) in [6, 6.07) is 17.0. The molecule has 4 N–H and O–H groups in total. The molecule has 4 aromatic rings. The molecule has 4 rings (SSSR count). The van der Waals surface area contributed by atoms with Gasteiger partial charge >= 0.3 is 0 Å². The molecule has 1 aromatic heterocycles. The third kappa shape index (κ3) is 4.69. The Kier molecular flexibility index (Phi) is 7.01. The first-order chi connectivity index (χ1) is 16.4. The number of benzene rings is 3. The Labute approximate surface area is 203 Å². The van der Waals surface area contributed by atoms with Gasteiger partial charge in [-0.1, -0.05) is 36.7 Å². The predicted octanol–water partition coefficient (Wildman–Crippen LogP) is 6.45. The Morgan fingerprint density at radius 3 is 2.56 bits per heavy atom. The summed E-state index contributed by atoms with van der Waals surface area (Å²) in [5.41, 5.74) is 11.2. The SMILES string of the molecule is CCCC(=O)c1cnc2ccc(-c3cc(Cl)c(O)c(OC)c3)cc2c1Nc1ccc(CN)cc1. The van der Waals surface area contributed by atoms with Crippen molar-refractivity contribution in [2.45, 2.75) is 26.3 Å². The lowest BCUT2D eigenvalue weighted by molar-refractivity contribution is 0.0982. The highest BCUT2D eigenvalue weighted by Gasteiger charge is 2.17. The minimum atomic E-state index is -0.105. The summed E-state index contributed by atoms with van der Waals surface area (Å²) in [4.78, 5) is 17.5.